The minimum atomic E-state index is -2.97. The minimum Gasteiger partial charge on any atom is -0.376 e. The summed E-state index contributed by atoms with van der Waals surface area (Å²) in [5.74, 6) is 1.18. The van der Waals surface area contributed by atoms with Gasteiger partial charge in [-0.1, -0.05) is 25.7 Å². The van der Waals surface area contributed by atoms with Crippen molar-refractivity contribution in [3.63, 3.8) is 0 Å². The first-order valence-corrected chi connectivity index (χ1v) is 11.0. The van der Waals surface area contributed by atoms with Crippen LogP contribution in [0.5, 0.6) is 0 Å². The van der Waals surface area contributed by atoms with Gasteiger partial charge >= 0.3 is 0 Å². The van der Waals surface area contributed by atoms with Gasteiger partial charge in [-0.15, -0.1) is 0 Å². The second kappa shape index (κ2) is 7.51. The van der Waals surface area contributed by atoms with Gasteiger partial charge in [0.25, 0.3) is 0 Å². The van der Waals surface area contributed by atoms with Crippen LogP contribution in [-0.4, -0.2) is 56.0 Å². The maximum atomic E-state index is 12.8. The smallest absolute Gasteiger partial charge is 0.222 e. The maximum absolute atomic E-state index is 12.8. The molecule has 0 aromatic carbocycles. The van der Waals surface area contributed by atoms with Crippen LogP contribution in [0.15, 0.2) is 0 Å². The number of sulfone groups is 1. The van der Waals surface area contributed by atoms with Gasteiger partial charge in [-0.25, -0.2) is 8.42 Å². The first-order valence-electron chi connectivity index (χ1n) is 9.15. The first-order chi connectivity index (χ1) is 11.0. The molecule has 3 fully saturated rings. The summed E-state index contributed by atoms with van der Waals surface area (Å²) in [5, 5.41) is 0. The standard InChI is InChI=1S/C17H29NO4S/c19-17(8-7-14-4-1-2-5-14)18(12-16-6-3-10-22-16)15-9-11-23(20,21)13-15/h14-16H,1-13H2. The fourth-order valence-corrected chi connectivity index (χ4v) is 5.98. The van der Waals surface area contributed by atoms with Crippen LogP contribution >= 0.6 is 0 Å². The molecule has 2 unspecified atom stereocenters. The van der Waals surface area contributed by atoms with Crippen LogP contribution in [0.25, 0.3) is 0 Å². The molecule has 1 aliphatic carbocycles. The lowest BCUT2D eigenvalue weighted by molar-refractivity contribution is -0.135. The predicted octanol–water partition coefficient (Wildman–Crippen LogP) is 2.15. The highest BCUT2D eigenvalue weighted by atomic mass is 32.2. The molecular formula is C17H29NO4S. The zero-order valence-electron chi connectivity index (χ0n) is 13.9. The van der Waals surface area contributed by atoms with Crippen molar-refractivity contribution in [3.05, 3.63) is 0 Å². The molecule has 1 saturated carbocycles. The number of amides is 1. The Hall–Kier alpha value is -0.620. The van der Waals surface area contributed by atoms with E-state index in [-0.39, 0.29) is 29.6 Å². The average Bonchev–Trinajstić information content (AvgIpc) is 3.24. The van der Waals surface area contributed by atoms with Gasteiger partial charge in [-0.2, -0.15) is 0 Å². The molecule has 0 radical (unpaired) electrons. The van der Waals surface area contributed by atoms with Crippen LogP contribution in [0.1, 0.15) is 57.8 Å². The van der Waals surface area contributed by atoms with Crippen molar-refractivity contribution in [2.75, 3.05) is 24.7 Å². The summed E-state index contributed by atoms with van der Waals surface area (Å²) < 4.78 is 29.3. The Labute approximate surface area is 139 Å². The molecule has 3 aliphatic rings. The van der Waals surface area contributed by atoms with E-state index in [1.54, 1.807) is 0 Å². The molecular weight excluding hydrogens is 314 g/mol. The number of carbonyl (C=O) groups is 1. The van der Waals surface area contributed by atoms with Crippen molar-refractivity contribution in [3.8, 4) is 0 Å². The van der Waals surface area contributed by atoms with Gasteiger partial charge in [-0.3, -0.25) is 4.79 Å². The Bertz CT molecular complexity index is 507. The van der Waals surface area contributed by atoms with Crippen molar-refractivity contribution >= 4 is 15.7 Å². The van der Waals surface area contributed by atoms with Gasteiger partial charge in [0.1, 0.15) is 0 Å². The zero-order chi connectivity index (χ0) is 16.3. The second-order valence-electron chi connectivity index (χ2n) is 7.43. The number of hydrogen-bond donors (Lipinski definition) is 0. The molecule has 0 aromatic heterocycles. The molecule has 2 saturated heterocycles. The van der Waals surface area contributed by atoms with E-state index in [0.29, 0.717) is 25.3 Å². The number of rotatable bonds is 6. The predicted molar refractivity (Wildman–Crippen MR) is 88.9 cm³/mol. The van der Waals surface area contributed by atoms with Gasteiger partial charge in [0.15, 0.2) is 9.84 Å². The summed E-state index contributed by atoms with van der Waals surface area (Å²) in [4.78, 5) is 14.6. The van der Waals surface area contributed by atoms with Gasteiger partial charge in [0.2, 0.25) is 5.91 Å². The topological polar surface area (TPSA) is 63.7 Å². The van der Waals surface area contributed by atoms with Crippen molar-refractivity contribution < 1.29 is 17.9 Å². The minimum absolute atomic E-state index is 0.0914. The summed E-state index contributed by atoms with van der Waals surface area (Å²) in [6.07, 6.45) is 9.29. The number of carbonyl (C=O) groups excluding carboxylic acids is 1. The van der Waals surface area contributed by atoms with E-state index in [1.165, 1.54) is 25.7 Å². The number of hydrogen-bond acceptors (Lipinski definition) is 4. The van der Waals surface area contributed by atoms with E-state index < -0.39 is 9.84 Å². The third-order valence-electron chi connectivity index (χ3n) is 5.64. The summed E-state index contributed by atoms with van der Waals surface area (Å²) in [6.45, 7) is 1.33. The molecule has 2 heterocycles. The van der Waals surface area contributed by atoms with Crippen molar-refractivity contribution in [1.29, 1.82) is 0 Å². The molecule has 3 rings (SSSR count). The van der Waals surface area contributed by atoms with Crippen molar-refractivity contribution in [1.82, 2.24) is 4.90 Å². The summed E-state index contributed by atoms with van der Waals surface area (Å²) in [7, 11) is -2.97. The van der Waals surface area contributed by atoms with E-state index in [9.17, 15) is 13.2 Å². The molecule has 1 amide bonds. The Morgan fingerprint density at radius 2 is 1.87 bits per heavy atom. The van der Waals surface area contributed by atoms with Crippen molar-refractivity contribution in [2.24, 2.45) is 5.92 Å². The molecule has 0 spiro atoms. The van der Waals surface area contributed by atoms with Gasteiger partial charge in [0.05, 0.1) is 17.6 Å². The second-order valence-corrected chi connectivity index (χ2v) is 9.66. The van der Waals surface area contributed by atoms with E-state index in [0.717, 1.165) is 25.9 Å². The molecule has 0 aromatic rings. The van der Waals surface area contributed by atoms with E-state index >= 15 is 0 Å². The number of ether oxygens (including phenoxy) is 1. The molecule has 0 bridgehead atoms. The highest BCUT2D eigenvalue weighted by molar-refractivity contribution is 7.91. The highest BCUT2D eigenvalue weighted by Gasteiger charge is 2.36. The SMILES string of the molecule is O=C(CCC1CCCC1)N(CC1CCCO1)C1CCS(=O)(=O)C1. The van der Waals surface area contributed by atoms with E-state index in [4.69, 9.17) is 4.74 Å². The quantitative estimate of drug-likeness (QED) is 0.741. The first kappa shape index (κ1) is 17.2. The third-order valence-corrected chi connectivity index (χ3v) is 7.39. The van der Waals surface area contributed by atoms with Gasteiger partial charge in [-0.05, 0) is 31.6 Å². The number of nitrogens with zero attached hydrogens (tertiary/aromatic N) is 1. The molecule has 23 heavy (non-hydrogen) atoms. The molecule has 2 atom stereocenters. The van der Waals surface area contributed by atoms with Gasteiger partial charge in [0, 0.05) is 25.6 Å². The van der Waals surface area contributed by atoms with Crippen LogP contribution in [0.2, 0.25) is 0 Å². The van der Waals surface area contributed by atoms with E-state index in [2.05, 4.69) is 0 Å². The maximum Gasteiger partial charge on any atom is 0.222 e. The largest absolute Gasteiger partial charge is 0.376 e. The van der Waals surface area contributed by atoms with Crippen molar-refractivity contribution in [2.45, 2.75) is 69.9 Å². The summed E-state index contributed by atoms with van der Waals surface area (Å²) in [5.41, 5.74) is 0. The fourth-order valence-electron chi connectivity index (χ4n) is 4.25. The summed E-state index contributed by atoms with van der Waals surface area (Å²) >= 11 is 0. The van der Waals surface area contributed by atoms with Crippen LogP contribution in [-0.2, 0) is 19.4 Å². The molecule has 5 nitrogen and oxygen atoms in total. The van der Waals surface area contributed by atoms with Crippen LogP contribution in [0, 0.1) is 5.92 Å². The lowest BCUT2D eigenvalue weighted by Crippen LogP contribution is -2.45. The normalized spacial score (nSPS) is 30.8. The Morgan fingerprint density at radius 1 is 1.09 bits per heavy atom. The average molecular weight is 343 g/mol. The zero-order valence-corrected chi connectivity index (χ0v) is 14.7. The molecule has 2 aliphatic heterocycles. The van der Waals surface area contributed by atoms with Crippen LogP contribution in [0.3, 0.4) is 0 Å². The van der Waals surface area contributed by atoms with Crippen LogP contribution < -0.4 is 0 Å². The fraction of sp³-hybridized carbons (Fsp3) is 0.941. The Morgan fingerprint density at radius 3 is 2.48 bits per heavy atom. The molecule has 6 heteroatoms. The lowest BCUT2D eigenvalue weighted by atomic mass is 10.0. The highest BCUT2D eigenvalue weighted by Crippen LogP contribution is 2.29. The monoisotopic (exact) mass is 343 g/mol. The van der Waals surface area contributed by atoms with E-state index in [1.807, 2.05) is 4.90 Å². The molecule has 0 N–H and O–H groups in total. The van der Waals surface area contributed by atoms with Crippen LogP contribution in [0.4, 0.5) is 0 Å². The Balaban J connectivity index is 1.59. The Kier molecular flexibility index (Phi) is 5.62. The third kappa shape index (κ3) is 4.69. The summed E-state index contributed by atoms with van der Waals surface area (Å²) in [6, 6.07) is -0.139. The lowest BCUT2D eigenvalue weighted by Gasteiger charge is -2.31. The van der Waals surface area contributed by atoms with Gasteiger partial charge < -0.3 is 9.64 Å². The molecule has 132 valence electrons.